The van der Waals surface area contributed by atoms with Crippen LogP contribution in [0.3, 0.4) is 0 Å². The molecule has 0 fully saturated rings. The summed E-state index contributed by atoms with van der Waals surface area (Å²) in [7, 11) is 0. The van der Waals surface area contributed by atoms with E-state index >= 15 is 0 Å². The number of ether oxygens (including phenoxy) is 1. The maximum Gasteiger partial charge on any atom is 0.412 e. The molecule has 140 valence electrons. The molecule has 0 unspecified atom stereocenters. The van der Waals surface area contributed by atoms with Gasteiger partial charge in [0.1, 0.15) is 5.60 Å². The third kappa shape index (κ3) is 4.83. The normalized spacial score (nSPS) is 11.3. The van der Waals surface area contributed by atoms with E-state index in [-0.39, 0.29) is 5.91 Å². The lowest BCUT2D eigenvalue weighted by molar-refractivity contribution is 0.0636. The molecule has 0 saturated heterocycles. The second kappa shape index (κ2) is 7.36. The van der Waals surface area contributed by atoms with Crippen LogP contribution in [0.4, 0.5) is 15.6 Å². The zero-order valence-corrected chi connectivity index (χ0v) is 16.4. The topological polar surface area (TPSA) is 80.3 Å². The van der Waals surface area contributed by atoms with Gasteiger partial charge in [0, 0.05) is 11.3 Å². The lowest BCUT2D eigenvalue weighted by atomic mass is 10.2. The van der Waals surface area contributed by atoms with Crippen LogP contribution in [0.5, 0.6) is 0 Å². The number of hydrogen-bond donors (Lipinski definition) is 2. The van der Waals surface area contributed by atoms with E-state index in [1.807, 2.05) is 25.1 Å². The smallest absolute Gasteiger partial charge is 0.412 e. The van der Waals surface area contributed by atoms with Crippen LogP contribution in [0.2, 0.25) is 0 Å². The van der Waals surface area contributed by atoms with Crippen molar-refractivity contribution >= 4 is 44.4 Å². The molecule has 7 heteroatoms. The molecular formula is C20H21N3O3S. The number of fused-ring (bicyclic) bond motifs is 1. The van der Waals surface area contributed by atoms with Crippen molar-refractivity contribution in [3.8, 4) is 0 Å². The molecule has 6 nitrogen and oxygen atoms in total. The van der Waals surface area contributed by atoms with Crippen molar-refractivity contribution in [2.45, 2.75) is 33.3 Å². The van der Waals surface area contributed by atoms with E-state index in [0.29, 0.717) is 16.4 Å². The van der Waals surface area contributed by atoms with Gasteiger partial charge >= 0.3 is 6.09 Å². The van der Waals surface area contributed by atoms with E-state index in [9.17, 15) is 9.59 Å². The highest BCUT2D eigenvalue weighted by atomic mass is 32.1. The minimum absolute atomic E-state index is 0.254. The van der Waals surface area contributed by atoms with Gasteiger partial charge in [0.15, 0.2) is 5.13 Å². The number of para-hydroxylation sites is 1. The molecule has 2 N–H and O–H groups in total. The number of nitrogens with one attached hydrogen (secondary N) is 2. The first-order valence-corrected chi connectivity index (χ1v) is 9.30. The van der Waals surface area contributed by atoms with Gasteiger partial charge in [-0.2, -0.15) is 0 Å². The van der Waals surface area contributed by atoms with Crippen molar-refractivity contribution in [3.63, 3.8) is 0 Å². The molecule has 2 aromatic carbocycles. The van der Waals surface area contributed by atoms with Crippen LogP contribution < -0.4 is 10.6 Å². The SMILES string of the molecule is Cc1cccc2sc(NC(=O)c3ccc(NC(=O)OC(C)(C)C)cc3)nc12. The standard InChI is InChI=1S/C20H21N3O3S/c1-12-6-5-7-15-16(12)22-18(27-15)23-17(24)13-8-10-14(11-9-13)21-19(25)26-20(2,3)4/h5-11H,1-4H3,(H,21,25)(H,22,23,24). The third-order valence-electron chi connectivity index (χ3n) is 3.63. The monoisotopic (exact) mass is 383 g/mol. The first-order valence-electron chi connectivity index (χ1n) is 8.49. The van der Waals surface area contributed by atoms with Gasteiger partial charge in [0.2, 0.25) is 0 Å². The fourth-order valence-electron chi connectivity index (χ4n) is 2.44. The molecule has 27 heavy (non-hydrogen) atoms. The van der Waals surface area contributed by atoms with Crippen molar-refractivity contribution in [2.75, 3.05) is 10.6 Å². The second-order valence-electron chi connectivity index (χ2n) is 7.10. The number of carbonyl (C=O) groups excluding carboxylic acids is 2. The van der Waals surface area contributed by atoms with Gasteiger partial charge in [0.05, 0.1) is 10.2 Å². The van der Waals surface area contributed by atoms with E-state index in [1.54, 1.807) is 45.0 Å². The van der Waals surface area contributed by atoms with E-state index in [2.05, 4.69) is 15.6 Å². The number of carbonyl (C=O) groups is 2. The lowest BCUT2D eigenvalue weighted by Crippen LogP contribution is -2.27. The van der Waals surface area contributed by atoms with E-state index in [4.69, 9.17) is 4.74 Å². The maximum atomic E-state index is 12.4. The van der Waals surface area contributed by atoms with Crippen LogP contribution in [-0.4, -0.2) is 22.6 Å². The molecule has 0 aliphatic heterocycles. The van der Waals surface area contributed by atoms with Crippen LogP contribution in [0.1, 0.15) is 36.7 Å². The van der Waals surface area contributed by atoms with Gasteiger partial charge in [-0.3, -0.25) is 15.4 Å². The molecule has 0 radical (unpaired) electrons. The molecule has 0 aliphatic carbocycles. The molecule has 0 saturated carbocycles. The van der Waals surface area contributed by atoms with Crippen LogP contribution in [-0.2, 0) is 4.74 Å². The van der Waals surface area contributed by atoms with Crippen molar-refractivity contribution in [1.29, 1.82) is 0 Å². The average molecular weight is 383 g/mol. The fraction of sp³-hybridized carbons (Fsp3) is 0.250. The van der Waals surface area contributed by atoms with Crippen molar-refractivity contribution in [2.24, 2.45) is 0 Å². The fourth-order valence-corrected chi connectivity index (χ4v) is 3.37. The van der Waals surface area contributed by atoms with Crippen LogP contribution in [0.15, 0.2) is 42.5 Å². The molecule has 2 amide bonds. The number of benzene rings is 2. The molecule has 0 bridgehead atoms. The number of anilines is 2. The molecular weight excluding hydrogens is 362 g/mol. The Hall–Kier alpha value is -2.93. The molecule has 1 aromatic heterocycles. The number of hydrogen-bond acceptors (Lipinski definition) is 5. The Morgan fingerprint density at radius 2 is 1.74 bits per heavy atom. The van der Waals surface area contributed by atoms with Gasteiger partial charge in [-0.05, 0) is 63.6 Å². The summed E-state index contributed by atoms with van der Waals surface area (Å²) in [5, 5.41) is 6.01. The quantitative estimate of drug-likeness (QED) is 0.651. The number of amides is 2. The van der Waals surface area contributed by atoms with Crippen molar-refractivity contribution in [3.05, 3.63) is 53.6 Å². The summed E-state index contributed by atoms with van der Waals surface area (Å²) in [4.78, 5) is 28.7. The minimum atomic E-state index is -0.570. The van der Waals surface area contributed by atoms with Gasteiger partial charge in [-0.15, -0.1) is 0 Å². The highest BCUT2D eigenvalue weighted by Crippen LogP contribution is 2.28. The summed E-state index contributed by atoms with van der Waals surface area (Å²) in [5.41, 5.74) is 2.42. The largest absolute Gasteiger partial charge is 0.444 e. The number of aromatic nitrogens is 1. The Balaban J connectivity index is 1.66. The highest BCUT2D eigenvalue weighted by molar-refractivity contribution is 7.22. The van der Waals surface area contributed by atoms with Crippen molar-refractivity contribution in [1.82, 2.24) is 4.98 Å². The van der Waals surface area contributed by atoms with Gasteiger partial charge < -0.3 is 4.74 Å². The van der Waals surface area contributed by atoms with E-state index in [1.165, 1.54) is 11.3 Å². The number of thiazole rings is 1. The first kappa shape index (κ1) is 18.8. The Bertz CT molecular complexity index is 988. The van der Waals surface area contributed by atoms with E-state index in [0.717, 1.165) is 15.8 Å². The summed E-state index contributed by atoms with van der Waals surface area (Å²) in [6, 6.07) is 12.5. The van der Waals surface area contributed by atoms with Gasteiger partial charge in [-0.25, -0.2) is 9.78 Å². The molecule has 0 aliphatic rings. The molecule has 0 spiro atoms. The lowest BCUT2D eigenvalue weighted by Gasteiger charge is -2.19. The molecule has 3 rings (SSSR count). The number of rotatable bonds is 3. The summed E-state index contributed by atoms with van der Waals surface area (Å²) in [6.07, 6.45) is -0.537. The van der Waals surface area contributed by atoms with E-state index < -0.39 is 11.7 Å². The summed E-state index contributed by atoms with van der Waals surface area (Å²) >= 11 is 1.43. The molecule has 1 heterocycles. The second-order valence-corrected chi connectivity index (χ2v) is 8.13. The molecule has 3 aromatic rings. The van der Waals surface area contributed by atoms with Crippen LogP contribution >= 0.6 is 11.3 Å². The maximum absolute atomic E-state index is 12.4. The predicted octanol–water partition coefficient (Wildman–Crippen LogP) is 5.20. The summed E-state index contributed by atoms with van der Waals surface area (Å²) < 4.78 is 6.23. The third-order valence-corrected chi connectivity index (χ3v) is 4.57. The Labute approximate surface area is 161 Å². The minimum Gasteiger partial charge on any atom is -0.444 e. The van der Waals surface area contributed by atoms with Crippen LogP contribution in [0.25, 0.3) is 10.2 Å². The van der Waals surface area contributed by atoms with Gasteiger partial charge in [-0.1, -0.05) is 23.5 Å². The Morgan fingerprint density at radius 3 is 2.37 bits per heavy atom. The average Bonchev–Trinajstić information content (AvgIpc) is 2.97. The zero-order valence-electron chi connectivity index (χ0n) is 15.6. The number of aryl methyl sites for hydroxylation is 1. The molecule has 0 atom stereocenters. The highest BCUT2D eigenvalue weighted by Gasteiger charge is 2.16. The number of nitrogens with zero attached hydrogens (tertiary/aromatic N) is 1. The Morgan fingerprint density at radius 1 is 1.04 bits per heavy atom. The predicted molar refractivity (Wildman–Crippen MR) is 109 cm³/mol. The van der Waals surface area contributed by atoms with Crippen molar-refractivity contribution < 1.29 is 14.3 Å². The Kier molecular flexibility index (Phi) is 5.14. The zero-order chi connectivity index (χ0) is 19.6. The first-order chi connectivity index (χ1) is 12.7. The summed E-state index contributed by atoms with van der Waals surface area (Å²) in [6.45, 7) is 7.38. The van der Waals surface area contributed by atoms with Gasteiger partial charge in [0.25, 0.3) is 5.91 Å². The summed E-state index contributed by atoms with van der Waals surface area (Å²) in [5.74, 6) is -0.254. The van der Waals surface area contributed by atoms with Crippen LogP contribution in [0, 0.1) is 6.92 Å².